The lowest BCUT2D eigenvalue weighted by molar-refractivity contribution is -0.132. The number of benzene rings is 2. The molecule has 0 fully saturated rings. The Labute approximate surface area is 139 Å². The van der Waals surface area contributed by atoms with Crippen LogP contribution in [-0.4, -0.2) is 25.0 Å². The summed E-state index contributed by atoms with van der Waals surface area (Å²) in [5.41, 5.74) is 1.47. The Morgan fingerprint density at radius 1 is 1.21 bits per heavy atom. The van der Waals surface area contributed by atoms with Crippen molar-refractivity contribution in [2.75, 3.05) is 11.9 Å². The van der Waals surface area contributed by atoms with E-state index in [4.69, 9.17) is 4.74 Å². The van der Waals surface area contributed by atoms with Crippen molar-refractivity contribution in [1.29, 1.82) is 0 Å². The van der Waals surface area contributed by atoms with Gasteiger partial charge in [0.15, 0.2) is 6.10 Å². The number of carbonyl (C=O) groups is 2. The first-order chi connectivity index (χ1) is 11.5. The molecule has 5 nitrogen and oxygen atoms in total. The Morgan fingerprint density at radius 3 is 2.67 bits per heavy atom. The first-order valence-electron chi connectivity index (χ1n) is 7.59. The zero-order chi connectivity index (χ0) is 17.1. The fourth-order valence-electron chi connectivity index (χ4n) is 2.54. The molecule has 124 valence electrons. The Hall–Kier alpha value is -2.89. The van der Waals surface area contributed by atoms with Gasteiger partial charge in [0, 0.05) is 13.6 Å². The summed E-state index contributed by atoms with van der Waals surface area (Å²) in [4.78, 5) is 25.9. The van der Waals surface area contributed by atoms with Crippen molar-refractivity contribution in [3.05, 3.63) is 59.9 Å². The average Bonchev–Trinajstić information content (AvgIpc) is 2.59. The normalized spacial score (nSPS) is 16.3. The van der Waals surface area contributed by atoms with Gasteiger partial charge >= 0.3 is 0 Å². The molecule has 0 aliphatic carbocycles. The first-order valence-corrected chi connectivity index (χ1v) is 7.59. The highest BCUT2D eigenvalue weighted by Gasteiger charge is 2.33. The van der Waals surface area contributed by atoms with Crippen molar-refractivity contribution >= 4 is 17.5 Å². The number of amides is 2. The van der Waals surface area contributed by atoms with Crippen LogP contribution in [0.2, 0.25) is 0 Å². The summed E-state index contributed by atoms with van der Waals surface area (Å²) in [5.74, 6) is -0.306. The SMILES string of the molecule is CN1C(=O)C(CC(=O)NCc2ccc(F)cc2)Oc2ccccc21. The molecule has 2 aromatic carbocycles. The van der Waals surface area contributed by atoms with Gasteiger partial charge in [0.25, 0.3) is 5.91 Å². The molecule has 2 amide bonds. The van der Waals surface area contributed by atoms with E-state index in [2.05, 4.69) is 5.32 Å². The largest absolute Gasteiger partial charge is 0.478 e. The lowest BCUT2D eigenvalue weighted by atomic mass is 10.1. The van der Waals surface area contributed by atoms with Crippen LogP contribution >= 0.6 is 0 Å². The number of carbonyl (C=O) groups excluding carboxylic acids is 2. The molecule has 0 bridgehead atoms. The van der Waals surface area contributed by atoms with Gasteiger partial charge in [-0.2, -0.15) is 0 Å². The van der Waals surface area contributed by atoms with Crippen LogP contribution < -0.4 is 15.0 Å². The molecule has 1 unspecified atom stereocenters. The standard InChI is InChI=1S/C18H17FN2O3/c1-21-14-4-2-3-5-15(14)24-16(18(21)23)10-17(22)20-11-12-6-8-13(19)9-7-12/h2-9,16H,10-11H2,1H3,(H,20,22). The van der Waals surface area contributed by atoms with Crippen LogP contribution in [0, 0.1) is 5.82 Å². The van der Waals surface area contributed by atoms with E-state index in [0.29, 0.717) is 11.4 Å². The second kappa shape index (κ2) is 6.70. The minimum absolute atomic E-state index is 0.0707. The van der Waals surface area contributed by atoms with Gasteiger partial charge in [-0.1, -0.05) is 24.3 Å². The quantitative estimate of drug-likeness (QED) is 0.936. The molecule has 1 N–H and O–H groups in total. The number of para-hydroxylation sites is 2. The van der Waals surface area contributed by atoms with Crippen molar-refractivity contribution in [3.8, 4) is 5.75 Å². The van der Waals surface area contributed by atoms with Gasteiger partial charge in [0.2, 0.25) is 5.91 Å². The minimum atomic E-state index is -0.849. The molecule has 24 heavy (non-hydrogen) atoms. The minimum Gasteiger partial charge on any atom is -0.478 e. The number of rotatable bonds is 4. The third-order valence-corrected chi connectivity index (χ3v) is 3.88. The third-order valence-electron chi connectivity index (χ3n) is 3.88. The van der Waals surface area contributed by atoms with Crippen LogP contribution in [0.5, 0.6) is 5.75 Å². The van der Waals surface area contributed by atoms with E-state index in [1.807, 2.05) is 12.1 Å². The maximum absolute atomic E-state index is 12.8. The zero-order valence-electron chi connectivity index (χ0n) is 13.2. The number of anilines is 1. The second-order valence-electron chi connectivity index (χ2n) is 5.58. The van der Waals surface area contributed by atoms with Gasteiger partial charge < -0.3 is 15.0 Å². The molecular formula is C18H17FN2O3. The Balaban J connectivity index is 1.60. The maximum atomic E-state index is 12.8. The van der Waals surface area contributed by atoms with E-state index >= 15 is 0 Å². The summed E-state index contributed by atoms with van der Waals surface area (Å²) in [6.45, 7) is 0.270. The van der Waals surface area contributed by atoms with Gasteiger partial charge in [-0.05, 0) is 29.8 Å². The van der Waals surface area contributed by atoms with Crippen LogP contribution in [0.15, 0.2) is 48.5 Å². The molecule has 0 aromatic heterocycles. The monoisotopic (exact) mass is 328 g/mol. The predicted octanol–water partition coefficient (Wildman–Crippen LogP) is 2.26. The van der Waals surface area contributed by atoms with Crippen molar-refractivity contribution in [1.82, 2.24) is 5.32 Å². The lowest BCUT2D eigenvalue weighted by Crippen LogP contribution is -2.46. The zero-order valence-corrected chi connectivity index (χ0v) is 13.2. The number of nitrogens with one attached hydrogen (secondary N) is 1. The van der Waals surface area contributed by atoms with Crippen molar-refractivity contribution in [2.24, 2.45) is 0 Å². The summed E-state index contributed by atoms with van der Waals surface area (Å²) in [6, 6.07) is 13.1. The summed E-state index contributed by atoms with van der Waals surface area (Å²) >= 11 is 0. The number of hydrogen-bond acceptors (Lipinski definition) is 3. The van der Waals surface area contributed by atoms with Gasteiger partial charge in [-0.25, -0.2) is 4.39 Å². The molecule has 0 saturated heterocycles. The van der Waals surface area contributed by atoms with E-state index in [1.165, 1.54) is 17.0 Å². The number of ether oxygens (including phenoxy) is 1. The Kier molecular flexibility index (Phi) is 4.46. The average molecular weight is 328 g/mol. The highest BCUT2D eigenvalue weighted by molar-refractivity contribution is 6.01. The van der Waals surface area contributed by atoms with Gasteiger partial charge in [-0.15, -0.1) is 0 Å². The van der Waals surface area contributed by atoms with E-state index < -0.39 is 6.10 Å². The molecule has 6 heteroatoms. The van der Waals surface area contributed by atoms with Crippen molar-refractivity contribution < 1.29 is 18.7 Å². The summed E-state index contributed by atoms with van der Waals surface area (Å²) in [5, 5.41) is 2.71. The van der Waals surface area contributed by atoms with Crippen molar-refractivity contribution in [3.63, 3.8) is 0 Å². The molecule has 3 rings (SSSR count). The van der Waals surface area contributed by atoms with Crippen LogP contribution in [0.4, 0.5) is 10.1 Å². The Bertz CT molecular complexity index is 761. The van der Waals surface area contributed by atoms with E-state index in [-0.39, 0.29) is 30.6 Å². The van der Waals surface area contributed by atoms with Gasteiger partial charge in [-0.3, -0.25) is 9.59 Å². The number of nitrogens with zero attached hydrogens (tertiary/aromatic N) is 1. The second-order valence-corrected chi connectivity index (χ2v) is 5.58. The molecule has 1 aliphatic heterocycles. The smallest absolute Gasteiger partial charge is 0.268 e. The van der Waals surface area contributed by atoms with E-state index in [0.717, 1.165) is 5.56 Å². The number of halogens is 1. The molecular weight excluding hydrogens is 311 g/mol. The summed E-state index contributed by atoms with van der Waals surface area (Å²) < 4.78 is 18.5. The van der Waals surface area contributed by atoms with E-state index in [9.17, 15) is 14.0 Å². The molecule has 0 spiro atoms. The topological polar surface area (TPSA) is 58.6 Å². The highest BCUT2D eigenvalue weighted by atomic mass is 19.1. The first kappa shape index (κ1) is 16.0. The van der Waals surface area contributed by atoms with Crippen LogP contribution in [0.3, 0.4) is 0 Å². The predicted molar refractivity (Wildman–Crippen MR) is 87.1 cm³/mol. The molecule has 0 radical (unpaired) electrons. The molecule has 1 atom stereocenters. The number of hydrogen-bond donors (Lipinski definition) is 1. The van der Waals surface area contributed by atoms with Gasteiger partial charge in [0.05, 0.1) is 12.1 Å². The fraction of sp³-hybridized carbons (Fsp3) is 0.222. The maximum Gasteiger partial charge on any atom is 0.268 e. The highest BCUT2D eigenvalue weighted by Crippen LogP contribution is 2.33. The fourth-order valence-corrected chi connectivity index (χ4v) is 2.54. The van der Waals surface area contributed by atoms with E-state index in [1.54, 1.807) is 31.3 Å². The molecule has 1 aliphatic rings. The van der Waals surface area contributed by atoms with Gasteiger partial charge in [0.1, 0.15) is 11.6 Å². The van der Waals surface area contributed by atoms with Crippen LogP contribution in [0.25, 0.3) is 0 Å². The summed E-state index contributed by atoms with van der Waals surface area (Å²) in [7, 11) is 1.66. The van der Waals surface area contributed by atoms with Crippen LogP contribution in [0.1, 0.15) is 12.0 Å². The lowest BCUT2D eigenvalue weighted by Gasteiger charge is -2.31. The van der Waals surface area contributed by atoms with Crippen molar-refractivity contribution in [2.45, 2.75) is 19.1 Å². The van der Waals surface area contributed by atoms with Crippen LogP contribution in [-0.2, 0) is 16.1 Å². The summed E-state index contributed by atoms with van der Waals surface area (Å²) in [6.07, 6.45) is -0.920. The molecule has 0 saturated carbocycles. The third kappa shape index (κ3) is 3.37. The number of likely N-dealkylation sites (N-methyl/N-ethyl adjacent to an activating group) is 1. The Morgan fingerprint density at radius 2 is 1.92 bits per heavy atom. The number of fused-ring (bicyclic) bond motifs is 1. The molecule has 1 heterocycles. The molecule has 2 aromatic rings.